The van der Waals surface area contributed by atoms with Crippen LogP contribution in [0.5, 0.6) is 0 Å². The summed E-state index contributed by atoms with van der Waals surface area (Å²) >= 11 is 0. The molecule has 22 nitrogen and oxygen atoms in total. The molecule has 3 rings (SSSR count). The van der Waals surface area contributed by atoms with Crippen molar-refractivity contribution in [1.82, 2.24) is 36.4 Å². The maximum Gasteiger partial charge on any atom is 0.325 e. The first kappa shape index (κ1) is 50.0. The van der Waals surface area contributed by atoms with Crippen LogP contribution in [0.4, 0.5) is 0 Å². The number of carbonyl (C=O) groups is 9. The van der Waals surface area contributed by atoms with E-state index in [9.17, 15) is 53.4 Å². The highest BCUT2D eigenvalue weighted by Gasteiger charge is 2.41. The zero-order valence-corrected chi connectivity index (χ0v) is 35.3. The number of likely N-dealkylation sites (tertiary alicyclic amines) is 2. The average molecular weight is 872 g/mol. The molecule has 2 aliphatic heterocycles. The van der Waals surface area contributed by atoms with E-state index in [1.165, 1.54) is 16.7 Å². The van der Waals surface area contributed by atoms with E-state index < -0.39 is 103 Å². The molecule has 342 valence electrons. The van der Waals surface area contributed by atoms with Gasteiger partial charge in [0.25, 0.3) is 0 Å². The van der Waals surface area contributed by atoms with Gasteiger partial charge in [-0.25, -0.2) is 0 Å². The van der Waals surface area contributed by atoms with Gasteiger partial charge in [0.2, 0.25) is 41.4 Å². The summed E-state index contributed by atoms with van der Waals surface area (Å²) in [5, 5.41) is 31.2. The van der Waals surface area contributed by atoms with Crippen molar-refractivity contribution >= 4 is 59.2 Å². The second-order valence-corrected chi connectivity index (χ2v) is 15.6. The molecule has 62 heavy (non-hydrogen) atoms. The van der Waals surface area contributed by atoms with Gasteiger partial charge in [-0.3, -0.25) is 48.1 Å². The molecule has 2 fully saturated rings. The fourth-order valence-electron chi connectivity index (χ4n) is 7.15. The third-order valence-corrected chi connectivity index (χ3v) is 10.9. The van der Waals surface area contributed by atoms with Gasteiger partial charge in [0.1, 0.15) is 36.3 Å². The molecular weight excluding hydrogens is 811 g/mol. The van der Waals surface area contributed by atoms with Crippen LogP contribution >= 0.6 is 0 Å². The maximum atomic E-state index is 14.0. The minimum atomic E-state index is -1.74. The highest BCUT2D eigenvalue weighted by atomic mass is 16.4. The van der Waals surface area contributed by atoms with E-state index in [2.05, 4.69) is 31.6 Å². The molecule has 1 aromatic carbocycles. The number of benzene rings is 1. The molecule has 0 bridgehead atoms. The van der Waals surface area contributed by atoms with E-state index in [4.69, 9.17) is 17.2 Å². The largest absolute Gasteiger partial charge is 0.481 e. The number of guanidine groups is 1. The lowest BCUT2D eigenvalue weighted by atomic mass is 9.98. The summed E-state index contributed by atoms with van der Waals surface area (Å²) in [6.07, 6.45) is 1.40. The second kappa shape index (κ2) is 24.2. The predicted octanol–water partition coefficient (Wildman–Crippen LogP) is -2.73. The van der Waals surface area contributed by atoms with Gasteiger partial charge >= 0.3 is 11.9 Å². The van der Waals surface area contributed by atoms with Crippen molar-refractivity contribution in [3.63, 3.8) is 0 Å². The zero-order valence-electron chi connectivity index (χ0n) is 35.3. The maximum absolute atomic E-state index is 14.0. The summed E-state index contributed by atoms with van der Waals surface area (Å²) in [6, 6.07) is 0.241. The van der Waals surface area contributed by atoms with Crippen LogP contribution in [-0.2, 0) is 49.6 Å². The first-order valence-electron chi connectivity index (χ1n) is 20.7. The molecule has 8 unspecified atom stereocenters. The number of aliphatic imine (C=N–C) groups is 1. The molecule has 0 aromatic heterocycles. The van der Waals surface area contributed by atoms with E-state index in [0.717, 1.165) is 0 Å². The van der Waals surface area contributed by atoms with Crippen molar-refractivity contribution in [3.8, 4) is 0 Å². The Morgan fingerprint density at radius 3 is 1.95 bits per heavy atom. The van der Waals surface area contributed by atoms with Crippen molar-refractivity contribution in [2.75, 3.05) is 26.2 Å². The van der Waals surface area contributed by atoms with Gasteiger partial charge in [-0.1, -0.05) is 50.6 Å². The SMILES string of the molecule is CCC(C)C(N)C(=O)N1CCCC1C(=O)NC(CCCN=C(N)N)C(=O)NCC(=O)NC(CC(=O)O)C(=O)NC(Cc1ccccc1)C(=O)N1CCCC1C(=O)NC(C)C(=O)O. The number of carboxylic acid groups (broad SMARTS) is 2. The number of hydrogen-bond donors (Lipinski definition) is 10. The molecule has 0 aliphatic carbocycles. The van der Waals surface area contributed by atoms with Crippen LogP contribution < -0.4 is 43.8 Å². The first-order chi connectivity index (χ1) is 29.3. The normalized spacial score (nSPS) is 18.8. The number of nitrogens with zero attached hydrogens (tertiary/aromatic N) is 3. The van der Waals surface area contributed by atoms with Crippen LogP contribution in [0, 0.1) is 5.92 Å². The molecule has 2 heterocycles. The van der Waals surface area contributed by atoms with Gasteiger partial charge in [0.05, 0.1) is 19.0 Å². The van der Waals surface area contributed by atoms with Crippen molar-refractivity contribution in [1.29, 1.82) is 0 Å². The standard InChI is InChI=1S/C40H61N11O11/c1-4-22(2)32(41)38(60)51-18-10-15-29(51)36(58)48-25(13-8-16-44-40(42)43)33(55)45-21-30(52)47-26(20-31(53)54)34(56)49-27(19-24-11-6-5-7-12-24)37(59)50-17-9-14-28(50)35(57)46-23(3)39(61)62/h5-7,11-12,22-23,25-29,32H,4,8-10,13-21,41H2,1-3H3,(H,45,55)(H,46,57)(H,47,52)(H,48,58)(H,49,56)(H,53,54)(H,61,62)(H4,42,43,44). The van der Waals surface area contributed by atoms with Crippen molar-refractivity contribution < 1.29 is 53.4 Å². The van der Waals surface area contributed by atoms with E-state index in [0.29, 0.717) is 37.8 Å². The fourth-order valence-corrected chi connectivity index (χ4v) is 7.15. The number of nitrogens with one attached hydrogen (secondary N) is 5. The smallest absolute Gasteiger partial charge is 0.325 e. The number of amides is 7. The lowest BCUT2D eigenvalue weighted by molar-refractivity contribution is -0.144. The fraction of sp³-hybridized carbons (Fsp3) is 0.600. The molecule has 2 saturated heterocycles. The summed E-state index contributed by atoms with van der Waals surface area (Å²) in [6.45, 7) is 4.78. The van der Waals surface area contributed by atoms with E-state index in [1.54, 1.807) is 30.3 Å². The van der Waals surface area contributed by atoms with Gasteiger partial charge < -0.3 is 63.8 Å². The number of aliphatic carboxylic acids is 2. The molecule has 13 N–H and O–H groups in total. The second-order valence-electron chi connectivity index (χ2n) is 15.6. The van der Waals surface area contributed by atoms with Crippen molar-refractivity contribution in [2.45, 2.75) is 121 Å². The Kier molecular flexibility index (Phi) is 19.5. The Balaban J connectivity index is 1.74. The Labute approximate surface area is 359 Å². The number of carboxylic acids is 2. The molecular formula is C40H61N11O11. The monoisotopic (exact) mass is 871 g/mol. The molecule has 8 atom stereocenters. The zero-order chi connectivity index (χ0) is 46.1. The number of nitrogens with two attached hydrogens (primary N) is 3. The minimum absolute atomic E-state index is 0.0159. The van der Waals surface area contributed by atoms with Crippen LogP contribution in [0.15, 0.2) is 35.3 Å². The summed E-state index contributed by atoms with van der Waals surface area (Å²) < 4.78 is 0. The van der Waals surface area contributed by atoms with Gasteiger partial charge in [-0.05, 0) is 56.9 Å². The van der Waals surface area contributed by atoms with E-state index in [1.807, 2.05) is 13.8 Å². The first-order valence-corrected chi connectivity index (χ1v) is 20.7. The average Bonchev–Trinajstić information content (AvgIpc) is 3.94. The molecule has 7 amide bonds. The van der Waals surface area contributed by atoms with Gasteiger partial charge in [-0.15, -0.1) is 0 Å². The molecule has 0 saturated carbocycles. The van der Waals surface area contributed by atoms with Crippen LogP contribution in [0.2, 0.25) is 0 Å². The Morgan fingerprint density at radius 1 is 0.790 bits per heavy atom. The molecule has 1 aromatic rings. The minimum Gasteiger partial charge on any atom is -0.481 e. The van der Waals surface area contributed by atoms with Crippen molar-refractivity contribution in [2.24, 2.45) is 28.1 Å². The lowest BCUT2D eigenvalue weighted by Gasteiger charge is -2.30. The molecule has 0 spiro atoms. The van der Waals surface area contributed by atoms with Crippen molar-refractivity contribution in [3.05, 3.63) is 35.9 Å². The van der Waals surface area contributed by atoms with Crippen LogP contribution in [0.3, 0.4) is 0 Å². The highest BCUT2D eigenvalue weighted by molar-refractivity contribution is 5.98. The van der Waals surface area contributed by atoms with Gasteiger partial charge in [0.15, 0.2) is 5.96 Å². The predicted molar refractivity (Wildman–Crippen MR) is 223 cm³/mol. The summed E-state index contributed by atoms with van der Waals surface area (Å²) in [5.74, 6) is -8.27. The van der Waals surface area contributed by atoms with Gasteiger partial charge in [0, 0.05) is 26.1 Å². The Bertz CT molecular complexity index is 1810. The quantitative estimate of drug-likeness (QED) is 0.0304. The number of hydrogen-bond acceptors (Lipinski definition) is 11. The van der Waals surface area contributed by atoms with Crippen LogP contribution in [-0.4, -0.2) is 148 Å². The van der Waals surface area contributed by atoms with Crippen LogP contribution in [0.25, 0.3) is 0 Å². The summed E-state index contributed by atoms with van der Waals surface area (Å²) in [5.41, 5.74) is 17.6. The van der Waals surface area contributed by atoms with E-state index >= 15 is 0 Å². The molecule has 0 radical (unpaired) electrons. The third kappa shape index (κ3) is 15.0. The van der Waals surface area contributed by atoms with E-state index in [-0.39, 0.29) is 56.6 Å². The van der Waals surface area contributed by atoms with Gasteiger partial charge in [-0.2, -0.15) is 0 Å². The molecule has 22 heteroatoms. The Hall–Kier alpha value is -6.32. The summed E-state index contributed by atoms with van der Waals surface area (Å²) in [7, 11) is 0. The number of carbonyl (C=O) groups excluding carboxylic acids is 7. The topological polar surface area (TPSA) is 351 Å². The molecule has 2 aliphatic rings. The lowest BCUT2D eigenvalue weighted by Crippen LogP contribution is -2.59. The third-order valence-electron chi connectivity index (χ3n) is 10.9. The number of rotatable bonds is 23. The highest BCUT2D eigenvalue weighted by Crippen LogP contribution is 2.22. The Morgan fingerprint density at radius 2 is 1.39 bits per heavy atom. The summed E-state index contributed by atoms with van der Waals surface area (Å²) in [4.78, 5) is 124. The van der Waals surface area contributed by atoms with Crippen LogP contribution in [0.1, 0.15) is 77.7 Å².